The molecule has 0 atom stereocenters. The van der Waals surface area contributed by atoms with Gasteiger partial charge >= 0.3 is 0 Å². The molecule has 12 aromatic carbocycles. The van der Waals surface area contributed by atoms with E-state index in [4.69, 9.17) is 0 Å². The number of hydrogen-bond acceptors (Lipinski definition) is 1. The second-order valence-corrected chi connectivity index (χ2v) is 16.7. The third-order valence-electron chi connectivity index (χ3n) is 13.3. The maximum atomic E-state index is 10.3. The van der Waals surface area contributed by atoms with E-state index in [1.54, 1.807) is 0 Å². The van der Waals surface area contributed by atoms with Crippen molar-refractivity contribution < 1.29 is 0 Å². The fourth-order valence-electron chi connectivity index (χ4n) is 10.5. The number of nitrogens with zero attached hydrogens (tertiary/aromatic N) is 2. The maximum Gasteiger partial charge on any atom is 0.0998 e. The first-order valence-electron chi connectivity index (χ1n) is 21.6. The minimum absolute atomic E-state index is 0.691. The normalized spacial score (nSPS) is 11.8. The van der Waals surface area contributed by atoms with Gasteiger partial charge in [0.05, 0.1) is 22.7 Å². The molecule has 0 spiro atoms. The molecule has 0 saturated carbocycles. The van der Waals surface area contributed by atoms with Gasteiger partial charge in [-0.1, -0.05) is 164 Å². The summed E-state index contributed by atoms with van der Waals surface area (Å²) in [7, 11) is 0. The molecule has 2 nitrogen and oxygen atoms in total. The lowest BCUT2D eigenvalue weighted by Gasteiger charge is -2.20. The summed E-state index contributed by atoms with van der Waals surface area (Å²) in [5.41, 5.74) is 13.6. The van der Waals surface area contributed by atoms with E-state index in [-0.39, 0.29) is 0 Å². The van der Waals surface area contributed by atoms with Crippen molar-refractivity contribution in [3.63, 3.8) is 0 Å². The largest absolute Gasteiger partial charge is 0.309 e. The first-order valence-corrected chi connectivity index (χ1v) is 21.6. The van der Waals surface area contributed by atoms with Gasteiger partial charge in [-0.3, -0.25) is 0 Å². The molecule has 0 aliphatic heterocycles. The van der Waals surface area contributed by atoms with Gasteiger partial charge in [0.15, 0.2) is 0 Å². The summed E-state index contributed by atoms with van der Waals surface area (Å²) in [5.74, 6) is 0. The third kappa shape index (κ3) is 5.37. The first kappa shape index (κ1) is 35.3. The summed E-state index contributed by atoms with van der Waals surface area (Å²) in [6.45, 7) is 0. The molecule has 13 aromatic rings. The molecule has 1 heterocycles. The Labute approximate surface area is 364 Å². The molecule has 0 bridgehead atoms. The van der Waals surface area contributed by atoms with Gasteiger partial charge in [0.2, 0.25) is 0 Å². The van der Waals surface area contributed by atoms with Gasteiger partial charge in [-0.25, -0.2) is 0 Å². The maximum absolute atomic E-state index is 10.3. The molecule has 0 fully saturated rings. The van der Waals surface area contributed by atoms with Crippen LogP contribution >= 0.6 is 0 Å². The highest BCUT2D eigenvalue weighted by Crippen LogP contribution is 2.49. The lowest BCUT2D eigenvalue weighted by Crippen LogP contribution is -1.94. The molecule has 0 radical (unpaired) electrons. The van der Waals surface area contributed by atoms with E-state index in [1.165, 1.54) is 87.2 Å². The molecule has 290 valence electrons. The minimum Gasteiger partial charge on any atom is -0.309 e. The molecule has 0 saturated heterocycles. The molecule has 0 amide bonds. The van der Waals surface area contributed by atoms with E-state index < -0.39 is 0 Å². The number of nitriles is 1. The number of fused-ring (bicyclic) bond motifs is 4. The average Bonchev–Trinajstić information content (AvgIpc) is 3.70. The quantitative estimate of drug-likeness (QED) is 0.126. The van der Waals surface area contributed by atoms with E-state index >= 15 is 0 Å². The summed E-state index contributed by atoms with van der Waals surface area (Å²) in [6, 6.07) is 82.1. The highest BCUT2D eigenvalue weighted by atomic mass is 15.0. The molecule has 63 heavy (non-hydrogen) atoms. The Bertz CT molecular complexity index is 4020. The van der Waals surface area contributed by atoms with Crippen molar-refractivity contribution in [2.75, 3.05) is 0 Å². The Morgan fingerprint density at radius 1 is 0.317 bits per heavy atom. The zero-order valence-electron chi connectivity index (χ0n) is 34.2. The lowest BCUT2D eigenvalue weighted by molar-refractivity contribution is 1.18. The molecule has 0 N–H and O–H groups in total. The third-order valence-corrected chi connectivity index (χ3v) is 13.3. The molecule has 1 aromatic heterocycles. The minimum atomic E-state index is 0.691. The lowest BCUT2D eigenvalue weighted by atomic mass is 9.83. The van der Waals surface area contributed by atoms with Crippen molar-refractivity contribution in [2.24, 2.45) is 0 Å². The van der Waals surface area contributed by atoms with E-state index in [0.717, 1.165) is 38.6 Å². The summed E-state index contributed by atoms with van der Waals surface area (Å²) < 4.78 is 2.35. The monoisotopic (exact) mass is 796 g/mol. The van der Waals surface area contributed by atoms with Crippen molar-refractivity contribution in [1.82, 2.24) is 4.57 Å². The van der Waals surface area contributed by atoms with E-state index in [0.29, 0.717) is 5.56 Å². The van der Waals surface area contributed by atoms with Crippen molar-refractivity contribution in [3.8, 4) is 56.3 Å². The van der Waals surface area contributed by atoms with Crippen LogP contribution < -0.4 is 0 Å². The predicted molar refractivity (Wildman–Crippen MR) is 266 cm³/mol. The van der Waals surface area contributed by atoms with Gasteiger partial charge < -0.3 is 4.57 Å². The Morgan fingerprint density at radius 2 is 0.810 bits per heavy atom. The molecule has 13 rings (SSSR count). The van der Waals surface area contributed by atoms with Gasteiger partial charge in [-0.2, -0.15) is 5.26 Å². The van der Waals surface area contributed by atoms with Gasteiger partial charge in [0, 0.05) is 21.8 Å². The van der Waals surface area contributed by atoms with Gasteiger partial charge in [0.1, 0.15) is 0 Å². The second-order valence-electron chi connectivity index (χ2n) is 16.7. The van der Waals surface area contributed by atoms with Crippen LogP contribution in [-0.4, -0.2) is 4.57 Å². The summed E-state index contributed by atoms with van der Waals surface area (Å²) in [4.78, 5) is 0. The fourth-order valence-corrected chi connectivity index (χ4v) is 10.5. The summed E-state index contributed by atoms with van der Waals surface area (Å²) in [5, 5.41) is 24.5. The predicted octanol–water partition coefficient (Wildman–Crippen LogP) is 16.5. The standard InChI is InChI=1S/C61H36N2/c62-37-47-25-31-56-60-50(47)28-29-51-49(30-32-57(61(51)60)63(56)48-17-5-2-6-18-48)44-24-27-53-55(36-44)59(46-22-20-40-14-8-10-16-42(40)34-46)52-26-23-43(38-11-3-1-4-12-38)35-54(52)58(53)45-21-19-39-13-7-9-15-41(39)33-45/h1-36H. The highest BCUT2D eigenvalue weighted by molar-refractivity contribution is 6.28. The number of aromatic nitrogens is 1. The molecule has 0 unspecified atom stereocenters. The van der Waals surface area contributed by atoms with E-state index in [1.807, 2.05) is 6.07 Å². The van der Waals surface area contributed by atoms with Crippen LogP contribution in [0.15, 0.2) is 218 Å². The van der Waals surface area contributed by atoms with Crippen molar-refractivity contribution in [2.45, 2.75) is 0 Å². The Kier molecular flexibility index (Phi) is 7.70. The number of hydrogen-bond donors (Lipinski definition) is 0. The molecule has 0 aliphatic rings. The van der Waals surface area contributed by atoms with Crippen LogP contribution in [0.5, 0.6) is 0 Å². The SMILES string of the molecule is N#Cc1ccc2c3c1ccc1c(-c4ccc5c(-c6ccc7ccccc7c6)c6cc(-c7ccccc7)ccc6c(-c6ccc7ccccc7c6)c5c4)ccc(c13)n2-c1ccccc1. The molecule has 2 heteroatoms. The van der Waals surface area contributed by atoms with Crippen LogP contribution in [0.4, 0.5) is 0 Å². The van der Waals surface area contributed by atoms with Crippen LogP contribution in [0.2, 0.25) is 0 Å². The number of para-hydroxylation sites is 1. The van der Waals surface area contributed by atoms with Crippen molar-refractivity contribution >= 4 is 75.7 Å². The topological polar surface area (TPSA) is 28.7 Å². The van der Waals surface area contributed by atoms with E-state index in [2.05, 4.69) is 223 Å². The second kappa shape index (κ2) is 13.8. The zero-order chi connectivity index (χ0) is 41.6. The van der Waals surface area contributed by atoms with Gasteiger partial charge in [-0.15, -0.1) is 0 Å². The Balaban J connectivity index is 1.15. The number of rotatable bonds is 5. The molecule has 0 aliphatic carbocycles. The van der Waals surface area contributed by atoms with E-state index in [9.17, 15) is 5.26 Å². The first-order chi connectivity index (χ1) is 31.2. The van der Waals surface area contributed by atoms with Crippen molar-refractivity contribution in [3.05, 3.63) is 224 Å². The smallest absolute Gasteiger partial charge is 0.0998 e. The molecular formula is C61H36N2. The van der Waals surface area contributed by atoms with Crippen molar-refractivity contribution in [1.29, 1.82) is 5.26 Å². The average molecular weight is 797 g/mol. The van der Waals surface area contributed by atoms with Gasteiger partial charge in [0.25, 0.3) is 0 Å². The van der Waals surface area contributed by atoms with Crippen LogP contribution in [0.25, 0.3) is 126 Å². The Hall–Kier alpha value is -8.51. The molecular weight excluding hydrogens is 761 g/mol. The van der Waals surface area contributed by atoms with Crippen LogP contribution in [0.3, 0.4) is 0 Å². The van der Waals surface area contributed by atoms with Crippen LogP contribution in [-0.2, 0) is 0 Å². The van der Waals surface area contributed by atoms with Crippen LogP contribution in [0, 0.1) is 11.3 Å². The number of benzene rings is 12. The Morgan fingerprint density at radius 3 is 1.44 bits per heavy atom. The fraction of sp³-hybridized carbons (Fsp3) is 0. The van der Waals surface area contributed by atoms with Gasteiger partial charge in [-0.05, 0) is 148 Å². The zero-order valence-corrected chi connectivity index (χ0v) is 34.2. The highest BCUT2D eigenvalue weighted by Gasteiger charge is 2.23. The summed E-state index contributed by atoms with van der Waals surface area (Å²) in [6.07, 6.45) is 0. The summed E-state index contributed by atoms with van der Waals surface area (Å²) >= 11 is 0. The van der Waals surface area contributed by atoms with Crippen LogP contribution in [0.1, 0.15) is 5.56 Å².